The Kier molecular flexibility index (Phi) is 1.68. The molecule has 0 radical (unpaired) electrons. The molecule has 0 aliphatic carbocycles. The molecule has 0 spiro atoms. The highest BCUT2D eigenvalue weighted by molar-refractivity contribution is 5.47. The first kappa shape index (κ1) is 8.05. The zero-order valence-electron chi connectivity index (χ0n) is 7.78. The van der Waals surface area contributed by atoms with Crippen molar-refractivity contribution in [1.29, 1.82) is 0 Å². The molecule has 5 nitrogen and oxygen atoms in total. The first-order valence-corrected chi connectivity index (χ1v) is 4.52. The third-order valence-corrected chi connectivity index (χ3v) is 2.07. The van der Waals surface area contributed by atoms with E-state index in [1.54, 1.807) is 6.20 Å². The van der Waals surface area contributed by atoms with Gasteiger partial charge in [0.2, 0.25) is 5.82 Å². The summed E-state index contributed by atoms with van der Waals surface area (Å²) in [4.78, 5) is 9.56. The molecule has 0 bridgehead atoms. The van der Waals surface area contributed by atoms with Gasteiger partial charge in [0.25, 0.3) is 0 Å². The maximum absolute atomic E-state index is 4.24. The minimum absolute atomic E-state index is 0.605. The summed E-state index contributed by atoms with van der Waals surface area (Å²) in [5.74, 6) is 0.605. The maximum Gasteiger partial charge on any atom is 0.203 e. The lowest BCUT2D eigenvalue weighted by Crippen LogP contribution is -2.06. The zero-order valence-corrected chi connectivity index (χ0v) is 7.78. The van der Waals surface area contributed by atoms with E-state index in [0.717, 1.165) is 5.69 Å². The van der Waals surface area contributed by atoms with Crippen molar-refractivity contribution >= 4 is 0 Å². The van der Waals surface area contributed by atoms with E-state index in [1.807, 2.05) is 30.3 Å². The van der Waals surface area contributed by atoms with Crippen molar-refractivity contribution in [3.05, 3.63) is 42.9 Å². The molecule has 72 valence electrons. The van der Waals surface area contributed by atoms with E-state index in [-0.39, 0.29) is 0 Å². The van der Waals surface area contributed by atoms with Gasteiger partial charge in [0.1, 0.15) is 12.0 Å². The molecular weight excluding hydrogens is 190 g/mol. The third kappa shape index (κ3) is 1.34. The van der Waals surface area contributed by atoms with Gasteiger partial charge in [-0.25, -0.2) is 9.97 Å². The van der Waals surface area contributed by atoms with Gasteiger partial charge in [-0.2, -0.15) is 5.10 Å². The van der Waals surface area contributed by atoms with E-state index in [1.165, 1.54) is 11.1 Å². The number of rotatable bonds is 1. The molecule has 0 fully saturated rings. The smallest absolute Gasteiger partial charge is 0.203 e. The van der Waals surface area contributed by atoms with Gasteiger partial charge in [0.15, 0.2) is 0 Å². The molecule has 0 aromatic heterocycles. The number of fused-ring (bicyclic) bond motifs is 1. The third-order valence-electron chi connectivity index (χ3n) is 2.07. The average Bonchev–Trinajstić information content (AvgIpc) is 2.77. The Balaban J connectivity index is 2.17. The van der Waals surface area contributed by atoms with Crippen molar-refractivity contribution in [2.75, 3.05) is 0 Å². The van der Waals surface area contributed by atoms with Crippen molar-refractivity contribution in [2.45, 2.75) is 0 Å². The SMILES string of the molecule is c1ccc(-n2ncc3ncnc-3n2)cc1. The molecule has 3 rings (SSSR count). The highest BCUT2D eigenvalue weighted by Gasteiger charge is 2.08. The molecule has 0 N–H and O–H groups in total. The summed E-state index contributed by atoms with van der Waals surface area (Å²) in [7, 11) is 0. The normalized spacial score (nSPS) is 10.7. The van der Waals surface area contributed by atoms with Crippen molar-refractivity contribution in [3.8, 4) is 17.2 Å². The summed E-state index contributed by atoms with van der Waals surface area (Å²) >= 11 is 0. The lowest BCUT2D eigenvalue weighted by atomic mass is 10.3. The highest BCUT2D eigenvalue weighted by Crippen LogP contribution is 2.11. The zero-order chi connectivity index (χ0) is 10.1. The quantitative estimate of drug-likeness (QED) is 0.587. The van der Waals surface area contributed by atoms with Gasteiger partial charge in [0, 0.05) is 0 Å². The summed E-state index contributed by atoms with van der Waals surface area (Å²) in [6.45, 7) is 0. The molecule has 1 aromatic carbocycles. The number of hydrogen-bond acceptors (Lipinski definition) is 4. The number of aromatic nitrogens is 5. The van der Waals surface area contributed by atoms with E-state index in [9.17, 15) is 0 Å². The largest absolute Gasteiger partial charge is 0.231 e. The fourth-order valence-electron chi connectivity index (χ4n) is 1.35. The Morgan fingerprint density at radius 2 is 1.87 bits per heavy atom. The van der Waals surface area contributed by atoms with E-state index in [4.69, 9.17) is 0 Å². The molecule has 0 amide bonds. The van der Waals surface area contributed by atoms with Gasteiger partial charge in [-0.15, -0.1) is 9.90 Å². The Bertz CT molecular complexity index is 545. The van der Waals surface area contributed by atoms with Gasteiger partial charge in [-0.05, 0) is 12.1 Å². The molecule has 15 heavy (non-hydrogen) atoms. The Morgan fingerprint density at radius 1 is 1.00 bits per heavy atom. The first-order chi connectivity index (χ1) is 7.43. The Labute approximate surface area is 85.8 Å². The Hall–Kier alpha value is -2.30. The topological polar surface area (TPSA) is 56.5 Å². The second-order valence-electron chi connectivity index (χ2n) is 3.05. The number of imidazole rings is 1. The van der Waals surface area contributed by atoms with Crippen LogP contribution in [0.3, 0.4) is 0 Å². The molecule has 2 aliphatic rings. The van der Waals surface area contributed by atoms with Crippen LogP contribution in [0.2, 0.25) is 0 Å². The van der Waals surface area contributed by atoms with Crippen LogP contribution in [0, 0.1) is 0 Å². The van der Waals surface area contributed by atoms with Gasteiger partial charge in [-0.1, -0.05) is 18.2 Å². The summed E-state index contributed by atoms with van der Waals surface area (Å²) < 4.78 is 0. The molecule has 0 saturated heterocycles. The maximum atomic E-state index is 4.24. The van der Waals surface area contributed by atoms with Crippen molar-refractivity contribution in [1.82, 2.24) is 25.0 Å². The van der Waals surface area contributed by atoms with Crippen LogP contribution in [-0.4, -0.2) is 25.0 Å². The number of benzene rings is 1. The van der Waals surface area contributed by atoms with E-state index < -0.39 is 0 Å². The Morgan fingerprint density at radius 3 is 2.73 bits per heavy atom. The van der Waals surface area contributed by atoms with Gasteiger partial charge in [0.05, 0.1) is 11.9 Å². The lowest BCUT2D eigenvalue weighted by Gasteiger charge is -2.03. The van der Waals surface area contributed by atoms with E-state index in [0.29, 0.717) is 11.5 Å². The molecule has 2 aliphatic heterocycles. The highest BCUT2D eigenvalue weighted by atomic mass is 15.5. The van der Waals surface area contributed by atoms with Crippen LogP contribution in [0.1, 0.15) is 0 Å². The van der Waals surface area contributed by atoms with Crippen molar-refractivity contribution in [3.63, 3.8) is 0 Å². The van der Waals surface area contributed by atoms with Gasteiger partial charge >= 0.3 is 0 Å². The van der Waals surface area contributed by atoms with Crippen LogP contribution < -0.4 is 0 Å². The standard InChI is InChI=1S/C10H7N5/c1-2-4-8(5-3-1)15-13-6-9-10(14-15)12-7-11-9/h1-7H. The van der Waals surface area contributed by atoms with Crippen molar-refractivity contribution in [2.24, 2.45) is 0 Å². The van der Waals surface area contributed by atoms with Crippen LogP contribution >= 0.6 is 0 Å². The summed E-state index contributed by atoms with van der Waals surface area (Å²) in [6.07, 6.45) is 3.14. The van der Waals surface area contributed by atoms with Crippen LogP contribution in [0.4, 0.5) is 0 Å². The van der Waals surface area contributed by atoms with E-state index in [2.05, 4.69) is 20.2 Å². The molecular formula is C10H7N5. The van der Waals surface area contributed by atoms with Crippen LogP contribution in [-0.2, 0) is 0 Å². The van der Waals surface area contributed by atoms with E-state index >= 15 is 0 Å². The molecule has 0 atom stereocenters. The summed E-state index contributed by atoms with van der Waals surface area (Å²) in [6, 6.07) is 9.69. The second kappa shape index (κ2) is 3.13. The predicted octanol–water partition coefficient (Wildman–Crippen LogP) is 1.16. The fraction of sp³-hybridized carbons (Fsp3) is 0. The molecule has 5 heteroatoms. The van der Waals surface area contributed by atoms with Gasteiger partial charge < -0.3 is 0 Å². The molecule has 0 saturated carbocycles. The van der Waals surface area contributed by atoms with Crippen molar-refractivity contribution < 1.29 is 0 Å². The number of hydrogen-bond donors (Lipinski definition) is 0. The number of nitrogens with zero attached hydrogens (tertiary/aromatic N) is 5. The lowest BCUT2D eigenvalue weighted by molar-refractivity contribution is 0.700. The van der Waals surface area contributed by atoms with Crippen LogP contribution in [0.15, 0.2) is 42.9 Å². The number of para-hydroxylation sites is 1. The van der Waals surface area contributed by atoms with Crippen LogP contribution in [0.5, 0.6) is 0 Å². The molecule has 2 heterocycles. The minimum atomic E-state index is 0.605. The first-order valence-electron chi connectivity index (χ1n) is 4.52. The monoisotopic (exact) mass is 197 g/mol. The van der Waals surface area contributed by atoms with Crippen LogP contribution in [0.25, 0.3) is 17.2 Å². The second-order valence-corrected chi connectivity index (χ2v) is 3.05. The summed E-state index contributed by atoms with van der Waals surface area (Å²) in [5.41, 5.74) is 1.62. The molecule has 0 unspecified atom stereocenters. The summed E-state index contributed by atoms with van der Waals surface area (Å²) in [5, 5.41) is 8.39. The molecule has 1 aromatic rings. The fourth-order valence-corrected chi connectivity index (χ4v) is 1.35. The predicted molar refractivity (Wildman–Crippen MR) is 53.6 cm³/mol. The minimum Gasteiger partial charge on any atom is -0.231 e. The van der Waals surface area contributed by atoms with Gasteiger partial charge in [-0.3, -0.25) is 0 Å². The average molecular weight is 197 g/mol.